The van der Waals surface area contributed by atoms with Crippen molar-refractivity contribution in [3.63, 3.8) is 0 Å². The van der Waals surface area contributed by atoms with Crippen LogP contribution in [0.2, 0.25) is 0 Å². The summed E-state index contributed by atoms with van der Waals surface area (Å²) in [5.41, 5.74) is 0. The fourth-order valence-electron chi connectivity index (χ4n) is 0.718. The predicted octanol–water partition coefficient (Wildman–Crippen LogP) is 4.09. The molecule has 0 atom stereocenters. The molecule has 0 aliphatic heterocycles. The Balaban J connectivity index is 3.13. The number of ether oxygens (including phenoxy) is 1. The molecule has 0 radical (unpaired) electrons. The zero-order valence-electron chi connectivity index (χ0n) is 6.33. The lowest BCUT2D eigenvalue weighted by molar-refractivity contribution is -0.275. The molecule has 0 spiro atoms. The van der Waals surface area contributed by atoms with Gasteiger partial charge in [0.05, 0.1) is 4.47 Å². The van der Waals surface area contributed by atoms with Gasteiger partial charge in [0, 0.05) is 3.57 Å². The molecule has 0 fully saturated rings. The summed E-state index contributed by atoms with van der Waals surface area (Å²) in [5, 5.41) is 0. The second-order valence-corrected chi connectivity index (χ2v) is 4.18. The van der Waals surface area contributed by atoms with Gasteiger partial charge in [0.2, 0.25) is 0 Å². The van der Waals surface area contributed by atoms with E-state index in [0.717, 1.165) is 6.07 Å². The first-order valence-electron chi connectivity index (χ1n) is 3.20. The van der Waals surface area contributed by atoms with Crippen molar-refractivity contribution in [1.82, 2.24) is 0 Å². The van der Waals surface area contributed by atoms with E-state index in [1.807, 2.05) is 0 Å². The molecule has 78 valence electrons. The van der Waals surface area contributed by atoms with E-state index < -0.39 is 17.9 Å². The van der Waals surface area contributed by atoms with Crippen LogP contribution in [0, 0.1) is 9.39 Å². The van der Waals surface area contributed by atoms with E-state index in [9.17, 15) is 17.6 Å². The van der Waals surface area contributed by atoms with Crippen molar-refractivity contribution in [2.24, 2.45) is 0 Å². The lowest BCUT2D eigenvalue weighted by Crippen LogP contribution is -2.18. The molecule has 0 aliphatic rings. The van der Waals surface area contributed by atoms with Gasteiger partial charge in [-0.05, 0) is 50.7 Å². The zero-order chi connectivity index (χ0) is 10.9. The molecule has 0 heterocycles. The van der Waals surface area contributed by atoms with Crippen molar-refractivity contribution in [3.05, 3.63) is 26.0 Å². The average molecular weight is 385 g/mol. The number of alkyl halides is 3. The van der Waals surface area contributed by atoms with Crippen molar-refractivity contribution in [2.45, 2.75) is 6.36 Å². The Kier molecular flexibility index (Phi) is 3.62. The molecule has 0 aromatic heterocycles. The smallest absolute Gasteiger partial charge is 0.401 e. The van der Waals surface area contributed by atoms with E-state index in [1.54, 1.807) is 22.6 Å². The summed E-state index contributed by atoms with van der Waals surface area (Å²) >= 11 is 4.57. The number of halogens is 6. The van der Waals surface area contributed by atoms with Crippen LogP contribution in [0.25, 0.3) is 0 Å². The van der Waals surface area contributed by atoms with E-state index in [1.165, 1.54) is 6.07 Å². The third-order valence-corrected chi connectivity index (χ3v) is 3.65. The van der Waals surface area contributed by atoms with Crippen LogP contribution in [-0.4, -0.2) is 6.36 Å². The van der Waals surface area contributed by atoms with Crippen molar-refractivity contribution in [1.29, 1.82) is 0 Å². The van der Waals surface area contributed by atoms with Gasteiger partial charge in [0.25, 0.3) is 0 Å². The maximum Gasteiger partial charge on any atom is 0.573 e. The first kappa shape index (κ1) is 12.0. The third kappa shape index (κ3) is 2.97. The normalized spacial score (nSPS) is 11.6. The maximum absolute atomic E-state index is 12.9. The Hall–Kier alpha value is -0.0500. The lowest BCUT2D eigenvalue weighted by atomic mass is 10.3. The molecule has 14 heavy (non-hydrogen) atoms. The van der Waals surface area contributed by atoms with Gasteiger partial charge in [-0.15, -0.1) is 13.2 Å². The summed E-state index contributed by atoms with van der Waals surface area (Å²) in [4.78, 5) is 0. The first-order valence-corrected chi connectivity index (χ1v) is 5.07. The van der Waals surface area contributed by atoms with E-state index in [4.69, 9.17) is 0 Å². The average Bonchev–Trinajstić information content (AvgIpc) is 2.04. The molecule has 1 aromatic carbocycles. The molecule has 0 N–H and O–H groups in total. The highest BCUT2D eigenvalue weighted by atomic mass is 127. The molecule has 0 saturated heterocycles. The van der Waals surface area contributed by atoms with Crippen LogP contribution >= 0.6 is 38.5 Å². The minimum absolute atomic E-state index is 0.0459. The lowest BCUT2D eigenvalue weighted by Gasteiger charge is -2.11. The number of benzene rings is 1. The monoisotopic (exact) mass is 384 g/mol. The Morgan fingerprint density at radius 2 is 1.86 bits per heavy atom. The summed E-state index contributed by atoms with van der Waals surface area (Å²) < 4.78 is 52.3. The summed E-state index contributed by atoms with van der Waals surface area (Å²) in [7, 11) is 0. The summed E-state index contributed by atoms with van der Waals surface area (Å²) in [5.74, 6) is -1.90. The van der Waals surface area contributed by atoms with Gasteiger partial charge >= 0.3 is 6.36 Å². The van der Waals surface area contributed by atoms with Crippen molar-refractivity contribution in [3.8, 4) is 5.75 Å². The van der Waals surface area contributed by atoms with Gasteiger partial charge < -0.3 is 4.74 Å². The molecular formula is C7H2BrF4IO. The van der Waals surface area contributed by atoms with Crippen LogP contribution in [0.3, 0.4) is 0 Å². The van der Waals surface area contributed by atoms with Crippen LogP contribution < -0.4 is 4.74 Å². The number of hydrogen-bond acceptors (Lipinski definition) is 1. The summed E-state index contributed by atoms with van der Waals surface area (Å²) in [6.45, 7) is 0. The molecule has 0 amide bonds. The fraction of sp³-hybridized carbons (Fsp3) is 0.143. The molecule has 0 bridgehead atoms. The Morgan fingerprint density at radius 1 is 1.29 bits per heavy atom. The Labute approximate surface area is 98.7 Å². The van der Waals surface area contributed by atoms with Gasteiger partial charge in [-0.2, -0.15) is 0 Å². The molecule has 0 saturated carbocycles. The van der Waals surface area contributed by atoms with Crippen LogP contribution in [0.5, 0.6) is 5.75 Å². The molecule has 0 aliphatic carbocycles. The van der Waals surface area contributed by atoms with Crippen LogP contribution in [0.1, 0.15) is 0 Å². The molecule has 1 rings (SSSR count). The summed E-state index contributed by atoms with van der Waals surface area (Å²) in [6.07, 6.45) is -4.90. The molecule has 7 heteroatoms. The van der Waals surface area contributed by atoms with Crippen LogP contribution in [-0.2, 0) is 0 Å². The molecule has 0 unspecified atom stereocenters. The van der Waals surface area contributed by atoms with Crippen LogP contribution in [0.4, 0.5) is 17.6 Å². The van der Waals surface area contributed by atoms with Gasteiger partial charge in [0.1, 0.15) is 0 Å². The molecular weight excluding hydrogens is 383 g/mol. The Bertz CT molecular complexity index is 352. The van der Waals surface area contributed by atoms with Crippen molar-refractivity contribution in [2.75, 3.05) is 0 Å². The van der Waals surface area contributed by atoms with E-state index in [-0.39, 0.29) is 4.47 Å². The topological polar surface area (TPSA) is 9.23 Å². The standard InChI is InChI=1S/C7H2BrF4IO/c8-5-4(13)2-1-3(9)6(5)14-7(10,11)12/h1-2H. The SMILES string of the molecule is Fc1ccc(I)c(Br)c1OC(F)(F)F. The van der Waals surface area contributed by atoms with Crippen molar-refractivity contribution < 1.29 is 22.3 Å². The maximum atomic E-state index is 12.9. The van der Waals surface area contributed by atoms with Crippen LogP contribution in [0.15, 0.2) is 16.6 Å². The molecule has 1 aromatic rings. The quantitative estimate of drug-likeness (QED) is 0.402. The highest BCUT2D eigenvalue weighted by Crippen LogP contribution is 2.35. The number of hydrogen-bond donors (Lipinski definition) is 0. The highest BCUT2D eigenvalue weighted by Gasteiger charge is 2.33. The molecule has 1 nitrogen and oxygen atoms in total. The van der Waals surface area contributed by atoms with E-state index in [2.05, 4.69) is 20.7 Å². The van der Waals surface area contributed by atoms with E-state index in [0.29, 0.717) is 3.57 Å². The summed E-state index contributed by atoms with van der Waals surface area (Å²) in [6, 6.07) is 2.25. The minimum Gasteiger partial charge on any atom is -0.401 e. The zero-order valence-corrected chi connectivity index (χ0v) is 10.1. The fourth-order valence-corrected chi connectivity index (χ4v) is 1.54. The predicted molar refractivity (Wildman–Crippen MR) is 53.5 cm³/mol. The van der Waals surface area contributed by atoms with Gasteiger partial charge in [-0.3, -0.25) is 0 Å². The first-order chi connectivity index (χ1) is 6.31. The largest absolute Gasteiger partial charge is 0.573 e. The minimum atomic E-state index is -4.90. The van der Waals surface area contributed by atoms with Crippen molar-refractivity contribution >= 4 is 38.5 Å². The second-order valence-electron chi connectivity index (χ2n) is 2.22. The highest BCUT2D eigenvalue weighted by molar-refractivity contribution is 14.1. The van der Waals surface area contributed by atoms with E-state index >= 15 is 0 Å². The van der Waals surface area contributed by atoms with Gasteiger partial charge in [0.15, 0.2) is 11.6 Å². The Morgan fingerprint density at radius 3 is 2.36 bits per heavy atom. The second kappa shape index (κ2) is 4.21. The number of rotatable bonds is 1. The van der Waals surface area contributed by atoms with Gasteiger partial charge in [-0.25, -0.2) is 4.39 Å². The third-order valence-electron chi connectivity index (χ3n) is 1.22. The van der Waals surface area contributed by atoms with Gasteiger partial charge in [-0.1, -0.05) is 0 Å².